The highest BCUT2D eigenvalue weighted by Crippen LogP contribution is 2.34. The van der Waals surface area contributed by atoms with E-state index in [1.54, 1.807) is 6.07 Å². The molecule has 3 aromatic rings. The summed E-state index contributed by atoms with van der Waals surface area (Å²) in [6.07, 6.45) is -1.12. The van der Waals surface area contributed by atoms with Crippen molar-refractivity contribution in [1.82, 2.24) is 9.97 Å². The van der Waals surface area contributed by atoms with Gasteiger partial charge in [-0.05, 0) is 48.0 Å². The number of benzene rings is 2. The van der Waals surface area contributed by atoms with Crippen LogP contribution in [0.2, 0.25) is 0 Å². The molecule has 10 heteroatoms. The molecule has 0 aliphatic heterocycles. The molecule has 1 N–H and O–H groups in total. The fourth-order valence-corrected chi connectivity index (χ4v) is 2.42. The van der Waals surface area contributed by atoms with Crippen molar-refractivity contribution in [1.29, 1.82) is 0 Å². The minimum absolute atomic E-state index is 0.127. The summed E-state index contributed by atoms with van der Waals surface area (Å²) in [7, 11) is 1.36. The number of nitrogens with one attached hydrogen (secondary N) is 1. The number of rotatable bonds is 6. The summed E-state index contributed by atoms with van der Waals surface area (Å²) in [6.45, 7) is 0. The van der Waals surface area contributed by atoms with Gasteiger partial charge in [0.05, 0.1) is 7.11 Å². The van der Waals surface area contributed by atoms with E-state index in [2.05, 4.69) is 15.3 Å². The maximum absolute atomic E-state index is 12.9. The summed E-state index contributed by atoms with van der Waals surface area (Å²) in [5, 5.41) is 2.58. The molecule has 0 unspecified atom stereocenters. The van der Waals surface area contributed by atoms with Crippen LogP contribution >= 0.6 is 0 Å². The van der Waals surface area contributed by atoms with Crippen LogP contribution in [-0.2, 0) is 11.0 Å². The van der Waals surface area contributed by atoms with Gasteiger partial charge in [0.2, 0.25) is 11.8 Å². The molecule has 0 saturated carbocycles. The maximum atomic E-state index is 12.9. The maximum Gasteiger partial charge on any atom is 0.433 e. The van der Waals surface area contributed by atoms with Crippen molar-refractivity contribution < 1.29 is 31.8 Å². The average Bonchev–Trinajstić information content (AvgIpc) is 2.74. The number of alkyl halides is 3. The normalized spacial score (nSPS) is 11.4. The van der Waals surface area contributed by atoms with E-state index in [0.29, 0.717) is 17.3 Å². The van der Waals surface area contributed by atoms with E-state index in [9.17, 15) is 22.4 Å². The highest BCUT2D eigenvalue weighted by atomic mass is 19.4. The third-order valence-electron chi connectivity index (χ3n) is 3.87. The highest BCUT2D eigenvalue weighted by molar-refractivity contribution is 6.01. The molecule has 1 amide bonds. The summed E-state index contributed by atoms with van der Waals surface area (Å²) in [5.74, 6) is -0.816. The summed E-state index contributed by atoms with van der Waals surface area (Å²) in [4.78, 5) is 18.8. The number of hydrogen-bond acceptors (Lipinski definition) is 5. The average molecular weight is 433 g/mol. The number of halogens is 4. The topological polar surface area (TPSA) is 73.3 Å². The number of aromatic nitrogens is 2. The Kier molecular flexibility index (Phi) is 6.49. The predicted molar refractivity (Wildman–Crippen MR) is 104 cm³/mol. The molecule has 0 aliphatic rings. The van der Waals surface area contributed by atoms with Gasteiger partial charge in [-0.1, -0.05) is 6.07 Å². The zero-order valence-electron chi connectivity index (χ0n) is 16.0. The Morgan fingerprint density at radius 1 is 1.03 bits per heavy atom. The molecular formula is C21H15F4N3O3. The van der Waals surface area contributed by atoms with Gasteiger partial charge < -0.3 is 14.8 Å². The van der Waals surface area contributed by atoms with E-state index in [-0.39, 0.29) is 17.4 Å². The van der Waals surface area contributed by atoms with E-state index < -0.39 is 23.6 Å². The van der Waals surface area contributed by atoms with Crippen molar-refractivity contribution >= 4 is 17.7 Å². The molecule has 0 atom stereocenters. The Balaban J connectivity index is 1.71. The zero-order valence-corrected chi connectivity index (χ0v) is 16.0. The lowest BCUT2D eigenvalue weighted by molar-refractivity contribution is -0.141. The number of carbonyl (C=O) groups is 1. The number of carbonyl (C=O) groups excluding carboxylic acids is 1. The zero-order chi connectivity index (χ0) is 22.4. The number of hydrogen-bond donors (Lipinski definition) is 1. The van der Waals surface area contributed by atoms with Crippen molar-refractivity contribution in [2.24, 2.45) is 0 Å². The molecular weight excluding hydrogens is 418 g/mol. The Bertz CT molecular complexity index is 1100. The lowest BCUT2D eigenvalue weighted by atomic mass is 10.2. The van der Waals surface area contributed by atoms with Crippen LogP contribution < -0.4 is 14.8 Å². The van der Waals surface area contributed by atoms with Gasteiger partial charge in [0.15, 0.2) is 17.2 Å². The van der Waals surface area contributed by atoms with E-state index in [1.807, 2.05) is 0 Å². The SMILES string of the molecule is COc1cc(C=CC(=O)Nc2ccc(F)cc2)ccc1Oc1cc(C(F)(F)F)ncn1. The molecule has 1 aromatic heterocycles. The molecule has 31 heavy (non-hydrogen) atoms. The third-order valence-corrected chi connectivity index (χ3v) is 3.87. The van der Waals surface area contributed by atoms with E-state index in [4.69, 9.17) is 9.47 Å². The predicted octanol–water partition coefficient (Wildman–Crippen LogP) is 5.09. The van der Waals surface area contributed by atoms with Gasteiger partial charge in [0.25, 0.3) is 0 Å². The standard InChI is InChI=1S/C21H15F4N3O3/c1-30-17-10-13(3-9-19(29)28-15-6-4-14(22)5-7-15)2-8-16(17)31-20-11-18(21(23,24)25)26-12-27-20/h2-12H,1H3,(H,28,29). The van der Waals surface area contributed by atoms with Crippen molar-refractivity contribution in [2.75, 3.05) is 12.4 Å². The smallest absolute Gasteiger partial charge is 0.433 e. The van der Waals surface area contributed by atoms with Crippen molar-refractivity contribution in [3.05, 3.63) is 78.0 Å². The molecule has 160 valence electrons. The van der Waals surface area contributed by atoms with Crippen LogP contribution in [0.1, 0.15) is 11.3 Å². The molecule has 0 bridgehead atoms. The summed E-state index contributed by atoms with van der Waals surface area (Å²) in [6, 6.07) is 10.5. The van der Waals surface area contributed by atoms with Gasteiger partial charge in [-0.25, -0.2) is 14.4 Å². The van der Waals surface area contributed by atoms with Crippen molar-refractivity contribution in [3.63, 3.8) is 0 Å². The second-order valence-electron chi connectivity index (χ2n) is 6.08. The van der Waals surface area contributed by atoms with Gasteiger partial charge in [0.1, 0.15) is 12.1 Å². The first-order valence-electron chi connectivity index (χ1n) is 8.74. The molecule has 0 fully saturated rings. The van der Waals surface area contributed by atoms with Gasteiger partial charge in [0, 0.05) is 17.8 Å². The van der Waals surface area contributed by atoms with Crippen LogP contribution in [0.3, 0.4) is 0 Å². The lowest BCUT2D eigenvalue weighted by Gasteiger charge is -2.11. The second kappa shape index (κ2) is 9.24. The Morgan fingerprint density at radius 2 is 1.77 bits per heavy atom. The second-order valence-corrected chi connectivity index (χ2v) is 6.08. The summed E-state index contributed by atoms with van der Waals surface area (Å²) < 4.78 is 61.9. The van der Waals surface area contributed by atoms with E-state index in [0.717, 1.165) is 6.33 Å². The summed E-state index contributed by atoms with van der Waals surface area (Å²) >= 11 is 0. The minimum Gasteiger partial charge on any atom is -0.493 e. The first-order valence-corrected chi connectivity index (χ1v) is 8.74. The summed E-state index contributed by atoms with van der Waals surface area (Å²) in [5.41, 5.74) is -0.138. The highest BCUT2D eigenvalue weighted by Gasteiger charge is 2.33. The van der Waals surface area contributed by atoms with Crippen LogP contribution in [0.25, 0.3) is 6.08 Å². The van der Waals surface area contributed by atoms with Crippen LogP contribution in [0.5, 0.6) is 17.4 Å². The molecule has 0 aliphatic carbocycles. The largest absolute Gasteiger partial charge is 0.493 e. The van der Waals surface area contributed by atoms with Crippen LogP contribution in [0.4, 0.5) is 23.2 Å². The first-order chi connectivity index (χ1) is 14.7. The van der Waals surface area contributed by atoms with Crippen LogP contribution in [0.15, 0.2) is 60.9 Å². The molecule has 0 saturated heterocycles. The number of amides is 1. The third kappa shape index (κ3) is 6.01. The van der Waals surface area contributed by atoms with Gasteiger partial charge in [-0.2, -0.15) is 13.2 Å². The molecule has 2 aromatic carbocycles. The van der Waals surface area contributed by atoms with E-state index >= 15 is 0 Å². The van der Waals surface area contributed by atoms with Crippen LogP contribution in [0, 0.1) is 5.82 Å². The van der Waals surface area contributed by atoms with E-state index in [1.165, 1.54) is 55.7 Å². The Labute approximate surface area is 174 Å². The number of ether oxygens (including phenoxy) is 2. The fourth-order valence-electron chi connectivity index (χ4n) is 2.42. The number of methoxy groups -OCH3 is 1. The first kappa shape index (κ1) is 21.8. The quantitative estimate of drug-likeness (QED) is 0.433. The molecule has 0 radical (unpaired) electrons. The van der Waals surface area contributed by atoms with Gasteiger partial charge >= 0.3 is 6.18 Å². The monoisotopic (exact) mass is 433 g/mol. The molecule has 6 nitrogen and oxygen atoms in total. The fraction of sp³-hybridized carbons (Fsp3) is 0.0952. The number of nitrogens with zero attached hydrogens (tertiary/aromatic N) is 2. The van der Waals surface area contributed by atoms with Gasteiger partial charge in [-0.3, -0.25) is 4.79 Å². The lowest BCUT2D eigenvalue weighted by Crippen LogP contribution is -2.08. The van der Waals surface area contributed by atoms with Crippen molar-refractivity contribution in [3.8, 4) is 17.4 Å². The Morgan fingerprint density at radius 3 is 2.45 bits per heavy atom. The molecule has 1 heterocycles. The van der Waals surface area contributed by atoms with Gasteiger partial charge in [-0.15, -0.1) is 0 Å². The van der Waals surface area contributed by atoms with Crippen LogP contribution in [-0.4, -0.2) is 23.0 Å². The molecule has 0 spiro atoms. The van der Waals surface area contributed by atoms with Crippen molar-refractivity contribution in [2.45, 2.75) is 6.18 Å². The number of anilines is 1. The Hall–Kier alpha value is -3.95. The molecule has 3 rings (SSSR count). The minimum atomic E-state index is -4.63.